The summed E-state index contributed by atoms with van der Waals surface area (Å²) in [5.41, 5.74) is 18.3. The first kappa shape index (κ1) is 29.6. The highest BCUT2D eigenvalue weighted by atomic mass is 19.4. The van der Waals surface area contributed by atoms with E-state index in [2.05, 4.69) is 20.0 Å². The molecule has 0 bridgehead atoms. The Morgan fingerprint density at radius 3 is 2.54 bits per heavy atom. The summed E-state index contributed by atoms with van der Waals surface area (Å²) < 4.78 is 59.6. The van der Waals surface area contributed by atoms with E-state index in [0.717, 1.165) is 11.6 Å². The average Bonchev–Trinajstić information content (AvgIpc) is 3.30. The van der Waals surface area contributed by atoms with Crippen molar-refractivity contribution in [3.05, 3.63) is 76.1 Å². The number of alkyl halides is 3. The van der Waals surface area contributed by atoms with Gasteiger partial charge in [-0.15, -0.1) is 13.2 Å². The van der Waals surface area contributed by atoms with Crippen LogP contribution in [0.5, 0.6) is 5.75 Å². The third-order valence-electron chi connectivity index (χ3n) is 6.36. The molecule has 0 saturated carbocycles. The molecule has 218 valence electrons. The molecule has 2 aromatic carbocycles. The van der Waals surface area contributed by atoms with Crippen molar-refractivity contribution < 1.29 is 22.3 Å². The van der Waals surface area contributed by atoms with E-state index in [1.54, 1.807) is 24.3 Å². The van der Waals surface area contributed by atoms with E-state index < -0.39 is 29.7 Å². The lowest BCUT2D eigenvalue weighted by atomic mass is 10.0. The fourth-order valence-corrected chi connectivity index (χ4v) is 4.37. The van der Waals surface area contributed by atoms with E-state index in [0.29, 0.717) is 35.9 Å². The average molecular weight is 575 g/mol. The smallest absolute Gasteiger partial charge is 0.403 e. The topological polar surface area (TPSA) is 174 Å². The van der Waals surface area contributed by atoms with E-state index in [1.807, 2.05) is 6.92 Å². The zero-order chi connectivity index (χ0) is 29.9. The van der Waals surface area contributed by atoms with Crippen LogP contribution in [-0.2, 0) is 6.42 Å². The number of fused-ring (bicyclic) bond motifs is 1. The van der Waals surface area contributed by atoms with Crippen LogP contribution in [0.3, 0.4) is 0 Å². The zero-order valence-electron chi connectivity index (χ0n) is 22.1. The lowest BCUT2D eigenvalue weighted by molar-refractivity contribution is -0.275. The summed E-state index contributed by atoms with van der Waals surface area (Å²) in [7, 11) is 0. The number of hydrogen-bond donors (Lipinski definition) is 6. The van der Waals surface area contributed by atoms with Crippen LogP contribution in [0.25, 0.3) is 28.0 Å². The maximum atomic E-state index is 15.3. The number of aromatic nitrogens is 3. The molecule has 0 radical (unpaired) electrons. The van der Waals surface area contributed by atoms with E-state index in [-0.39, 0.29) is 35.5 Å². The van der Waals surface area contributed by atoms with Gasteiger partial charge < -0.3 is 32.2 Å². The van der Waals surface area contributed by atoms with Crippen LogP contribution < -0.4 is 32.9 Å². The van der Waals surface area contributed by atoms with Crippen LogP contribution >= 0.6 is 0 Å². The van der Waals surface area contributed by atoms with Crippen molar-refractivity contribution in [3.8, 4) is 22.7 Å². The molecule has 4 rings (SSSR count). The molecule has 2 atom stereocenters. The molecule has 41 heavy (non-hydrogen) atoms. The van der Waals surface area contributed by atoms with Crippen molar-refractivity contribution in [1.29, 1.82) is 5.41 Å². The largest absolute Gasteiger partial charge is 0.573 e. The van der Waals surface area contributed by atoms with Crippen molar-refractivity contribution in [1.82, 2.24) is 19.9 Å². The Morgan fingerprint density at radius 1 is 1.20 bits per heavy atom. The molecule has 2 heterocycles. The summed E-state index contributed by atoms with van der Waals surface area (Å²) in [6.07, 6.45) is -2.02. The summed E-state index contributed by atoms with van der Waals surface area (Å²) >= 11 is 0. The fraction of sp³-hybridized carbons (Fsp3) is 0.296. The molecule has 2 aromatic heterocycles. The number of aromatic amines is 1. The quantitative estimate of drug-likeness (QED) is 0.0954. The lowest BCUT2D eigenvalue weighted by Crippen LogP contribution is -2.36. The predicted octanol–water partition coefficient (Wildman–Crippen LogP) is 3.57. The van der Waals surface area contributed by atoms with Gasteiger partial charge in [-0.3, -0.25) is 9.98 Å². The van der Waals surface area contributed by atoms with Crippen LogP contribution in [0, 0.1) is 11.2 Å². The summed E-state index contributed by atoms with van der Waals surface area (Å²) in [6, 6.07) is 10.2. The molecule has 0 saturated heterocycles. The van der Waals surface area contributed by atoms with Gasteiger partial charge in [-0.05, 0) is 67.6 Å². The minimum Gasteiger partial charge on any atom is -0.403 e. The number of ether oxygens (including phenoxy) is 1. The summed E-state index contributed by atoms with van der Waals surface area (Å²) in [5.74, 6) is -2.36. The van der Waals surface area contributed by atoms with E-state index in [9.17, 15) is 18.0 Å². The molecular formula is C27H30F4N8O2. The van der Waals surface area contributed by atoms with Gasteiger partial charge in [-0.1, -0.05) is 12.1 Å². The molecule has 1 unspecified atom stereocenters. The number of guanidine groups is 1. The van der Waals surface area contributed by atoms with Gasteiger partial charge in [-0.25, -0.2) is 9.18 Å². The normalized spacial score (nSPS) is 13.2. The number of hydrogen-bond acceptors (Lipinski definition) is 6. The van der Waals surface area contributed by atoms with Gasteiger partial charge in [-0.2, -0.15) is 4.98 Å². The van der Waals surface area contributed by atoms with Crippen LogP contribution in [-0.4, -0.2) is 39.4 Å². The van der Waals surface area contributed by atoms with Crippen LogP contribution in [0.2, 0.25) is 0 Å². The lowest BCUT2D eigenvalue weighted by Gasteiger charge is -2.14. The number of halogens is 4. The Morgan fingerprint density at radius 2 is 1.90 bits per heavy atom. The molecule has 0 fully saturated rings. The number of nitrogens with zero attached hydrogens (tertiary/aromatic N) is 2. The molecule has 4 aromatic rings. The highest BCUT2D eigenvalue weighted by molar-refractivity contribution is 5.83. The van der Waals surface area contributed by atoms with Crippen molar-refractivity contribution in [3.63, 3.8) is 0 Å². The molecule has 0 aliphatic carbocycles. The Hall–Kier alpha value is -4.43. The number of rotatable bonds is 10. The SMILES string of the molecule is C[C@H](N)CCCc1cc(OC(F)(F)F)c(F)c(-c2cc3cn(-c4ccc(C(N)CNC(=N)N)cc4)c(=O)nc3[nH]2)c1. The van der Waals surface area contributed by atoms with Gasteiger partial charge in [0, 0.05) is 35.8 Å². The minimum atomic E-state index is -5.09. The van der Waals surface area contributed by atoms with Gasteiger partial charge in [0.05, 0.1) is 11.4 Å². The Bertz CT molecular complexity index is 1600. The molecule has 9 N–H and O–H groups in total. The van der Waals surface area contributed by atoms with Crippen LogP contribution in [0.15, 0.2) is 53.5 Å². The molecule has 14 heteroatoms. The van der Waals surface area contributed by atoms with Crippen LogP contribution in [0.4, 0.5) is 17.6 Å². The van der Waals surface area contributed by atoms with Crippen molar-refractivity contribution >= 4 is 17.0 Å². The zero-order valence-corrected chi connectivity index (χ0v) is 22.1. The third-order valence-corrected chi connectivity index (χ3v) is 6.36. The Kier molecular flexibility index (Phi) is 8.63. The number of benzene rings is 2. The van der Waals surface area contributed by atoms with E-state index in [1.165, 1.54) is 22.9 Å². The second-order valence-electron chi connectivity index (χ2n) is 9.75. The van der Waals surface area contributed by atoms with Gasteiger partial charge in [0.1, 0.15) is 5.65 Å². The summed E-state index contributed by atoms with van der Waals surface area (Å²) in [4.78, 5) is 19.7. The molecule has 0 aliphatic rings. The standard InChI is InChI=1S/C27H30F4N8O2/c1-14(32)3-2-4-15-9-19(23(28)22(10-15)41-27(29,30)31)21-11-17-13-39(26(40)38-24(17)37-21)18-7-5-16(6-8-18)20(33)12-36-25(34)35/h5-11,13-14,20H,2-4,12,32-33H2,1H3,(H4,34,35,36)(H,37,38,40)/t14-,20?/m0/s1. The fourth-order valence-electron chi connectivity index (χ4n) is 4.37. The predicted molar refractivity (Wildman–Crippen MR) is 147 cm³/mol. The molecule has 0 aliphatic heterocycles. The van der Waals surface area contributed by atoms with Gasteiger partial charge in [0.2, 0.25) is 0 Å². The first-order chi connectivity index (χ1) is 19.3. The van der Waals surface area contributed by atoms with E-state index >= 15 is 4.39 Å². The van der Waals surface area contributed by atoms with Crippen molar-refractivity contribution in [2.75, 3.05) is 6.54 Å². The highest BCUT2D eigenvalue weighted by Crippen LogP contribution is 2.35. The second-order valence-corrected chi connectivity index (χ2v) is 9.75. The molecule has 0 spiro atoms. The summed E-state index contributed by atoms with van der Waals surface area (Å²) in [5, 5.41) is 10.3. The van der Waals surface area contributed by atoms with E-state index in [4.69, 9.17) is 22.6 Å². The molecule has 0 amide bonds. The molecular weight excluding hydrogens is 544 g/mol. The monoisotopic (exact) mass is 574 g/mol. The number of H-pyrrole nitrogens is 1. The van der Waals surface area contributed by atoms with Crippen molar-refractivity contribution in [2.24, 2.45) is 17.2 Å². The number of nitrogens with two attached hydrogens (primary N) is 3. The first-order valence-electron chi connectivity index (χ1n) is 12.7. The second kappa shape index (κ2) is 12.0. The minimum absolute atomic E-state index is 0.0924. The maximum Gasteiger partial charge on any atom is 0.573 e. The Labute approximate surface area is 232 Å². The number of aryl methyl sites for hydroxylation is 1. The highest BCUT2D eigenvalue weighted by Gasteiger charge is 2.33. The summed E-state index contributed by atoms with van der Waals surface area (Å²) in [6.45, 7) is 2.06. The first-order valence-corrected chi connectivity index (χ1v) is 12.7. The number of nitrogens with one attached hydrogen (secondary N) is 3. The van der Waals surface area contributed by atoms with Gasteiger partial charge >= 0.3 is 12.1 Å². The van der Waals surface area contributed by atoms with Crippen LogP contribution in [0.1, 0.15) is 36.9 Å². The molecule has 10 nitrogen and oxygen atoms in total. The maximum absolute atomic E-state index is 15.3. The Balaban J connectivity index is 1.69. The van der Waals surface area contributed by atoms with Crippen molar-refractivity contribution in [2.45, 2.75) is 44.6 Å². The van der Waals surface area contributed by atoms with Gasteiger partial charge in [0.25, 0.3) is 0 Å². The van der Waals surface area contributed by atoms with Gasteiger partial charge in [0.15, 0.2) is 17.5 Å². The third kappa shape index (κ3) is 7.41.